The van der Waals surface area contributed by atoms with Crippen LogP contribution < -0.4 is 10.2 Å². The van der Waals surface area contributed by atoms with Crippen LogP contribution in [0.3, 0.4) is 0 Å². The standard InChI is InChI=1S/C18H19FN4O3/c1-20-16-7-6-13(23(25)26)12-14(16)18(24)22-10-8-21(9-11-22)17-5-3-2-4-15(17)19/h2-7,12,20H,8-11H2,1H3. The Bertz CT molecular complexity index is 835. The van der Waals surface area contributed by atoms with E-state index in [1.807, 2.05) is 4.90 Å². The van der Waals surface area contributed by atoms with Gasteiger partial charge in [0, 0.05) is 51.0 Å². The van der Waals surface area contributed by atoms with Crippen LogP contribution in [0.2, 0.25) is 0 Å². The van der Waals surface area contributed by atoms with Crippen molar-refractivity contribution in [2.75, 3.05) is 43.4 Å². The number of carbonyl (C=O) groups is 1. The maximum atomic E-state index is 13.9. The fourth-order valence-corrected chi connectivity index (χ4v) is 3.07. The largest absolute Gasteiger partial charge is 0.387 e. The van der Waals surface area contributed by atoms with Crippen LogP contribution in [0, 0.1) is 15.9 Å². The van der Waals surface area contributed by atoms with E-state index in [1.54, 1.807) is 30.1 Å². The summed E-state index contributed by atoms with van der Waals surface area (Å²) in [6, 6.07) is 10.7. The molecule has 0 saturated carbocycles. The predicted octanol–water partition coefficient (Wildman–Crippen LogP) is 2.74. The van der Waals surface area contributed by atoms with Crippen molar-refractivity contribution < 1.29 is 14.1 Å². The lowest BCUT2D eigenvalue weighted by atomic mass is 10.1. The minimum atomic E-state index is -0.521. The molecule has 0 aromatic heterocycles. The van der Waals surface area contributed by atoms with Crippen molar-refractivity contribution in [2.24, 2.45) is 0 Å². The number of para-hydroxylation sites is 1. The van der Waals surface area contributed by atoms with Crippen molar-refractivity contribution in [3.05, 3.63) is 64.0 Å². The van der Waals surface area contributed by atoms with E-state index in [0.717, 1.165) is 0 Å². The fourth-order valence-electron chi connectivity index (χ4n) is 3.07. The van der Waals surface area contributed by atoms with E-state index in [9.17, 15) is 19.3 Å². The van der Waals surface area contributed by atoms with E-state index in [1.165, 1.54) is 24.3 Å². The Morgan fingerprint density at radius 1 is 1.15 bits per heavy atom. The highest BCUT2D eigenvalue weighted by Crippen LogP contribution is 2.25. The second-order valence-corrected chi connectivity index (χ2v) is 5.97. The predicted molar refractivity (Wildman–Crippen MR) is 97.2 cm³/mol. The molecule has 0 aliphatic carbocycles. The molecule has 1 heterocycles. The zero-order chi connectivity index (χ0) is 18.7. The third-order valence-corrected chi connectivity index (χ3v) is 4.47. The highest BCUT2D eigenvalue weighted by atomic mass is 19.1. The Labute approximate surface area is 150 Å². The highest BCUT2D eigenvalue weighted by Gasteiger charge is 2.26. The molecule has 7 nitrogen and oxygen atoms in total. The second kappa shape index (κ2) is 7.38. The van der Waals surface area contributed by atoms with E-state index in [4.69, 9.17) is 0 Å². The SMILES string of the molecule is CNc1ccc([N+](=O)[O-])cc1C(=O)N1CCN(c2ccccc2F)CC1. The molecule has 3 rings (SSSR count). The topological polar surface area (TPSA) is 78.7 Å². The molecule has 0 bridgehead atoms. The molecule has 1 fully saturated rings. The van der Waals surface area contributed by atoms with Crippen LogP contribution in [0.5, 0.6) is 0 Å². The molecular formula is C18H19FN4O3. The summed E-state index contributed by atoms with van der Waals surface area (Å²) in [7, 11) is 1.66. The average Bonchev–Trinajstić information content (AvgIpc) is 2.67. The lowest BCUT2D eigenvalue weighted by Gasteiger charge is -2.36. The molecule has 1 amide bonds. The number of non-ortho nitro benzene ring substituents is 1. The number of benzene rings is 2. The second-order valence-electron chi connectivity index (χ2n) is 5.97. The van der Waals surface area contributed by atoms with Crippen LogP contribution in [0.4, 0.5) is 21.5 Å². The Kier molecular flexibility index (Phi) is 5.01. The number of nitro benzene ring substituents is 1. The molecule has 2 aromatic carbocycles. The molecule has 0 unspecified atom stereocenters. The maximum absolute atomic E-state index is 13.9. The number of nitrogens with zero attached hydrogens (tertiary/aromatic N) is 3. The Balaban J connectivity index is 1.75. The van der Waals surface area contributed by atoms with Gasteiger partial charge in [0.1, 0.15) is 5.82 Å². The molecular weight excluding hydrogens is 339 g/mol. The third-order valence-electron chi connectivity index (χ3n) is 4.47. The lowest BCUT2D eigenvalue weighted by Crippen LogP contribution is -2.49. The van der Waals surface area contributed by atoms with Crippen LogP contribution in [0.25, 0.3) is 0 Å². The van der Waals surface area contributed by atoms with E-state index in [-0.39, 0.29) is 23.0 Å². The van der Waals surface area contributed by atoms with Crippen molar-refractivity contribution in [3.63, 3.8) is 0 Å². The minimum absolute atomic E-state index is 0.127. The normalized spacial score (nSPS) is 14.2. The number of nitro groups is 1. The number of anilines is 2. The number of amides is 1. The zero-order valence-corrected chi connectivity index (χ0v) is 14.3. The van der Waals surface area contributed by atoms with Crippen molar-refractivity contribution in [2.45, 2.75) is 0 Å². The molecule has 136 valence electrons. The molecule has 0 radical (unpaired) electrons. The van der Waals surface area contributed by atoms with Gasteiger partial charge < -0.3 is 15.1 Å². The number of hydrogen-bond donors (Lipinski definition) is 1. The van der Waals surface area contributed by atoms with Crippen molar-refractivity contribution in [1.82, 2.24) is 4.90 Å². The molecule has 2 aromatic rings. The Morgan fingerprint density at radius 3 is 2.46 bits per heavy atom. The van der Waals surface area contributed by atoms with Gasteiger partial charge in [-0.25, -0.2) is 4.39 Å². The van der Waals surface area contributed by atoms with Gasteiger partial charge in [-0.05, 0) is 18.2 Å². The van der Waals surface area contributed by atoms with Gasteiger partial charge in [-0.1, -0.05) is 12.1 Å². The van der Waals surface area contributed by atoms with Gasteiger partial charge in [0.15, 0.2) is 0 Å². The molecule has 8 heteroatoms. The van der Waals surface area contributed by atoms with E-state index in [2.05, 4.69) is 5.32 Å². The monoisotopic (exact) mass is 358 g/mol. The highest BCUT2D eigenvalue weighted by molar-refractivity contribution is 6.00. The van der Waals surface area contributed by atoms with E-state index < -0.39 is 4.92 Å². The van der Waals surface area contributed by atoms with Crippen molar-refractivity contribution >= 4 is 23.0 Å². The number of halogens is 1. The Morgan fingerprint density at radius 2 is 1.85 bits per heavy atom. The van der Waals surface area contributed by atoms with Crippen LogP contribution >= 0.6 is 0 Å². The van der Waals surface area contributed by atoms with Gasteiger partial charge in [0.2, 0.25) is 0 Å². The smallest absolute Gasteiger partial charge is 0.270 e. The van der Waals surface area contributed by atoms with Gasteiger partial charge in [-0.15, -0.1) is 0 Å². The number of piperazine rings is 1. The van der Waals surface area contributed by atoms with E-state index >= 15 is 0 Å². The van der Waals surface area contributed by atoms with Crippen LogP contribution in [-0.4, -0.2) is 49.0 Å². The zero-order valence-electron chi connectivity index (χ0n) is 14.3. The summed E-state index contributed by atoms with van der Waals surface area (Å²) in [5.74, 6) is -0.560. The molecule has 0 atom stereocenters. The van der Waals surface area contributed by atoms with Crippen molar-refractivity contribution in [3.8, 4) is 0 Å². The quantitative estimate of drug-likeness (QED) is 0.672. The first-order chi connectivity index (χ1) is 12.5. The molecule has 1 saturated heterocycles. The first-order valence-electron chi connectivity index (χ1n) is 8.26. The summed E-state index contributed by atoms with van der Waals surface area (Å²) in [6.45, 7) is 1.82. The summed E-state index contributed by atoms with van der Waals surface area (Å²) >= 11 is 0. The first-order valence-corrected chi connectivity index (χ1v) is 8.26. The number of hydrogen-bond acceptors (Lipinski definition) is 5. The molecule has 1 aliphatic heterocycles. The number of rotatable bonds is 4. The summed E-state index contributed by atoms with van der Waals surface area (Å²) in [5, 5.41) is 13.9. The first kappa shape index (κ1) is 17.7. The van der Waals surface area contributed by atoms with Gasteiger partial charge >= 0.3 is 0 Å². The van der Waals surface area contributed by atoms with Crippen LogP contribution in [0.15, 0.2) is 42.5 Å². The minimum Gasteiger partial charge on any atom is -0.387 e. The average molecular weight is 358 g/mol. The number of carbonyl (C=O) groups excluding carboxylic acids is 1. The summed E-state index contributed by atoms with van der Waals surface area (Å²) in [4.78, 5) is 26.8. The Hall–Kier alpha value is -3.16. The van der Waals surface area contributed by atoms with Crippen molar-refractivity contribution in [1.29, 1.82) is 0 Å². The van der Waals surface area contributed by atoms with Crippen LogP contribution in [-0.2, 0) is 0 Å². The third kappa shape index (κ3) is 3.44. The van der Waals surface area contributed by atoms with Gasteiger partial charge in [-0.2, -0.15) is 0 Å². The molecule has 0 spiro atoms. The lowest BCUT2D eigenvalue weighted by molar-refractivity contribution is -0.384. The summed E-state index contributed by atoms with van der Waals surface area (Å²) in [5.41, 5.74) is 1.20. The van der Waals surface area contributed by atoms with Crippen LogP contribution in [0.1, 0.15) is 10.4 Å². The fraction of sp³-hybridized carbons (Fsp3) is 0.278. The summed E-state index contributed by atoms with van der Waals surface area (Å²) in [6.07, 6.45) is 0. The maximum Gasteiger partial charge on any atom is 0.270 e. The van der Waals surface area contributed by atoms with Gasteiger partial charge in [-0.3, -0.25) is 14.9 Å². The van der Waals surface area contributed by atoms with Gasteiger partial charge in [0.05, 0.1) is 16.2 Å². The molecule has 1 N–H and O–H groups in total. The summed E-state index contributed by atoms with van der Waals surface area (Å²) < 4.78 is 13.9. The number of nitrogens with one attached hydrogen (secondary N) is 1. The molecule has 26 heavy (non-hydrogen) atoms. The van der Waals surface area contributed by atoms with Gasteiger partial charge in [0.25, 0.3) is 11.6 Å². The molecule has 1 aliphatic rings. The van der Waals surface area contributed by atoms with E-state index in [0.29, 0.717) is 37.6 Å².